The molecule has 0 unspecified atom stereocenters. The maximum atomic E-state index is 13.3. The zero-order valence-electron chi connectivity index (χ0n) is 25.0. The Bertz CT molecular complexity index is 1510. The number of hydrogen-bond donors (Lipinski definition) is 0. The van der Waals surface area contributed by atoms with Crippen LogP contribution in [0.25, 0.3) is 5.57 Å². The average molecular weight is 613 g/mol. The first kappa shape index (κ1) is 30.4. The van der Waals surface area contributed by atoms with E-state index >= 15 is 0 Å². The Kier molecular flexibility index (Phi) is 8.86. The van der Waals surface area contributed by atoms with E-state index in [1.165, 1.54) is 5.57 Å². The number of hydrogen-bond acceptors (Lipinski definition) is 5. The van der Waals surface area contributed by atoms with Gasteiger partial charge >= 0.3 is 5.97 Å². The third kappa shape index (κ3) is 6.76. The molecule has 0 spiro atoms. The van der Waals surface area contributed by atoms with Crippen molar-refractivity contribution in [2.24, 2.45) is 5.92 Å². The molecule has 224 valence electrons. The van der Waals surface area contributed by atoms with Crippen molar-refractivity contribution in [1.29, 1.82) is 0 Å². The Morgan fingerprint density at radius 2 is 1.79 bits per heavy atom. The van der Waals surface area contributed by atoms with E-state index in [0.29, 0.717) is 35.2 Å². The van der Waals surface area contributed by atoms with Crippen LogP contribution >= 0.6 is 23.2 Å². The first-order valence-electron chi connectivity index (χ1n) is 14.6. The number of nitrogens with zero attached hydrogens (tertiary/aromatic N) is 5. The predicted octanol–water partition coefficient (Wildman–Crippen LogP) is 7.05. The molecule has 10 heteroatoms. The van der Waals surface area contributed by atoms with E-state index in [0.717, 1.165) is 54.7 Å². The van der Waals surface area contributed by atoms with E-state index in [4.69, 9.17) is 27.9 Å². The SMILES string of the molecule is Cc1cc(C(=O)OC(C)(C)C)c(C)n1Cc1cn(C2CCC(C(=O)N3CC=C(c4ccc(Cl)c(Cl)c4)CC3)CC2)nn1. The summed E-state index contributed by atoms with van der Waals surface area (Å²) in [5, 5.41) is 9.96. The second-order valence-electron chi connectivity index (χ2n) is 12.5. The highest BCUT2D eigenvalue weighted by Crippen LogP contribution is 2.34. The Morgan fingerprint density at radius 1 is 1.05 bits per heavy atom. The van der Waals surface area contributed by atoms with Crippen molar-refractivity contribution in [3.63, 3.8) is 0 Å². The van der Waals surface area contributed by atoms with Crippen LogP contribution < -0.4 is 0 Å². The summed E-state index contributed by atoms with van der Waals surface area (Å²) < 4.78 is 9.60. The van der Waals surface area contributed by atoms with E-state index in [1.54, 1.807) is 0 Å². The molecule has 1 fully saturated rings. The van der Waals surface area contributed by atoms with Crippen LogP contribution in [0.15, 0.2) is 36.5 Å². The third-order valence-corrected chi connectivity index (χ3v) is 9.04. The number of ether oxygens (including phenoxy) is 1. The molecular formula is C32H39Cl2N5O3. The highest BCUT2D eigenvalue weighted by atomic mass is 35.5. The van der Waals surface area contributed by atoms with Gasteiger partial charge in [0.1, 0.15) is 11.3 Å². The quantitative estimate of drug-likeness (QED) is 0.279. The maximum Gasteiger partial charge on any atom is 0.340 e. The lowest BCUT2D eigenvalue weighted by Gasteiger charge is -2.33. The zero-order chi connectivity index (χ0) is 30.2. The lowest BCUT2D eigenvalue weighted by atomic mass is 9.85. The highest BCUT2D eigenvalue weighted by molar-refractivity contribution is 6.42. The van der Waals surface area contributed by atoms with Gasteiger partial charge in [0.25, 0.3) is 0 Å². The van der Waals surface area contributed by atoms with Crippen molar-refractivity contribution < 1.29 is 14.3 Å². The fourth-order valence-corrected chi connectivity index (χ4v) is 6.28. The minimum Gasteiger partial charge on any atom is -0.456 e. The normalized spacial score (nSPS) is 19.5. The lowest BCUT2D eigenvalue weighted by Crippen LogP contribution is -2.40. The molecule has 3 aromatic rings. The number of esters is 1. The van der Waals surface area contributed by atoms with Gasteiger partial charge in [0.2, 0.25) is 5.91 Å². The number of carbonyl (C=O) groups is 2. The number of aryl methyl sites for hydroxylation is 1. The number of aromatic nitrogens is 4. The number of benzene rings is 1. The molecule has 3 heterocycles. The van der Waals surface area contributed by atoms with Crippen LogP contribution in [0.1, 0.15) is 91.9 Å². The minimum absolute atomic E-state index is 0.0422. The molecule has 2 aromatic heterocycles. The van der Waals surface area contributed by atoms with Crippen LogP contribution in [0.4, 0.5) is 0 Å². The van der Waals surface area contributed by atoms with Gasteiger partial charge in [-0.1, -0.05) is 40.6 Å². The number of rotatable bonds is 6. The van der Waals surface area contributed by atoms with E-state index in [-0.39, 0.29) is 23.8 Å². The molecule has 0 N–H and O–H groups in total. The van der Waals surface area contributed by atoms with Gasteiger partial charge in [0.15, 0.2) is 0 Å². The standard InChI is InChI=1S/C32H39Cl2N5O3/c1-20-16-27(31(41)42-32(3,4)5)21(2)38(20)18-25-19-39(36-35-25)26-9-6-23(7-10-26)30(40)37-14-12-22(13-15-37)24-8-11-28(33)29(34)17-24/h8,11-12,16-17,19,23,26H,6-7,9-10,13-15,18H2,1-5H3. The second kappa shape index (κ2) is 12.3. The fraction of sp³-hybridized carbons (Fsp3) is 0.500. The molecule has 0 bridgehead atoms. The Morgan fingerprint density at radius 3 is 2.43 bits per heavy atom. The molecule has 1 amide bonds. The largest absolute Gasteiger partial charge is 0.456 e. The number of halogens is 2. The Balaban J connectivity index is 1.15. The van der Waals surface area contributed by atoms with Gasteiger partial charge in [-0.05, 0) is 96.1 Å². The summed E-state index contributed by atoms with van der Waals surface area (Å²) in [5.41, 5.74) is 4.96. The van der Waals surface area contributed by atoms with Crippen molar-refractivity contribution >= 4 is 40.7 Å². The maximum absolute atomic E-state index is 13.3. The lowest BCUT2D eigenvalue weighted by molar-refractivity contribution is -0.136. The van der Waals surface area contributed by atoms with Crippen molar-refractivity contribution in [3.8, 4) is 0 Å². The van der Waals surface area contributed by atoms with Crippen molar-refractivity contribution in [2.45, 2.75) is 84.9 Å². The minimum atomic E-state index is -0.548. The smallest absolute Gasteiger partial charge is 0.340 e. The van der Waals surface area contributed by atoms with Gasteiger partial charge < -0.3 is 14.2 Å². The number of carbonyl (C=O) groups excluding carboxylic acids is 2. The second-order valence-corrected chi connectivity index (χ2v) is 13.3. The third-order valence-electron chi connectivity index (χ3n) is 8.30. The van der Waals surface area contributed by atoms with Gasteiger partial charge in [0, 0.05) is 30.4 Å². The van der Waals surface area contributed by atoms with Gasteiger partial charge in [-0.2, -0.15) is 0 Å². The van der Waals surface area contributed by atoms with Gasteiger partial charge in [-0.25, -0.2) is 9.48 Å². The molecule has 1 aliphatic heterocycles. The molecule has 42 heavy (non-hydrogen) atoms. The molecule has 0 radical (unpaired) electrons. The summed E-state index contributed by atoms with van der Waals surface area (Å²) in [6.45, 7) is 11.4. The summed E-state index contributed by atoms with van der Waals surface area (Å²) in [7, 11) is 0. The molecule has 2 aliphatic rings. The van der Waals surface area contributed by atoms with Crippen molar-refractivity contribution in [1.82, 2.24) is 24.5 Å². The van der Waals surface area contributed by atoms with Crippen LogP contribution in [0.2, 0.25) is 10.0 Å². The molecule has 0 saturated heterocycles. The first-order valence-corrected chi connectivity index (χ1v) is 15.4. The van der Waals surface area contributed by atoms with Gasteiger partial charge in [-0.3, -0.25) is 4.79 Å². The van der Waals surface area contributed by atoms with Crippen LogP contribution in [0.5, 0.6) is 0 Å². The summed E-state index contributed by atoms with van der Waals surface area (Å²) in [6.07, 6.45) is 8.40. The van der Waals surface area contributed by atoms with E-state index in [1.807, 2.05) is 74.7 Å². The number of amides is 1. The average Bonchev–Trinajstić information content (AvgIpc) is 3.54. The summed E-state index contributed by atoms with van der Waals surface area (Å²) in [5.74, 6) is -0.0265. The van der Waals surface area contributed by atoms with E-state index in [2.05, 4.69) is 21.0 Å². The van der Waals surface area contributed by atoms with Crippen LogP contribution in [-0.2, 0) is 16.1 Å². The molecule has 1 aliphatic carbocycles. The molecular weight excluding hydrogens is 573 g/mol. The van der Waals surface area contributed by atoms with E-state index < -0.39 is 5.60 Å². The molecule has 1 saturated carbocycles. The molecule has 5 rings (SSSR count). The van der Waals surface area contributed by atoms with Crippen molar-refractivity contribution in [3.05, 3.63) is 74.8 Å². The summed E-state index contributed by atoms with van der Waals surface area (Å²) >= 11 is 12.3. The topological polar surface area (TPSA) is 82.2 Å². The molecule has 0 atom stereocenters. The Labute approximate surface area is 257 Å². The van der Waals surface area contributed by atoms with E-state index in [9.17, 15) is 9.59 Å². The predicted molar refractivity (Wildman–Crippen MR) is 165 cm³/mol. The summed E-state index contributed by atoms with van der Waals surface area (Å²) in [4.78, 5) is 28.0. The van der Waals surface area contributed by atoms with Crippen LogP contribution in [0, 0.1) is 19.8 Å². The summed E-state index contributed by atoms with van der Waals surface area (Å²) in [6, 6.07) is 7.79. The fourth-order valence-electron chi connectivity index (χ4n) is 5.98. The van der Waals surface area contributed by atoms with Gasteiger partial charge in [-0.15, -0.1) is 5.10 Å². The monoisotopic (exact) mass is 611 g/mol. The first-order chi connectivity index (χ1) is 19.9. The van der Waals surface area contributed by atoms with Crippen molar-refractivity contribution in [2.75, 3.05) is 13.1 Å². The van der Waals surface area contributed by atoms with Crippen LogP contribution in [-0.4, -0.2) is 55.0 Å². The molecule has 1 aromatic carbocycles. The van der Waals surface area contributed by atoms with Crippen LogP contribution in [0.3, 0.4) is 0 Å². The van der Waals surface area contributed by atoms with Gasteiger partial charge in [0.05, 0.1) is 34.4 Å². The zero-order valence-corrected chi connectivity index (χ0v) is 26.5. The highest BCUT2D eigenvalue weighted by Gasteiger charge is 2.31. The Hall–Kier alpha value is -3.10. The molecule has 8 nitrogen and oxygen atoms in total.